The van der Waals surface area contributed by atoms with E-state index < -0.39 is 5.47 Å². The first kappa shape index (κ1) is 14.0. The molecule has 1 unspecified atom stereocenters. The highest BCUT2D eigenvalue weighted by Crippen LogP contribution is 2.51. The van der Waals surface area contributed by atoms with Crippen LogP contribution in [0.2, 0.25) is 0 Å². The zero-order valence-electron chi connectivity index (χ0n) is 9.55. The minimum atomic E-state index is -2.13. The Morgan fingerprint density at radius 2 is 1.94 bits per heavy atom. The maximum Gasteiger partial charge on any atom is 0.145 e. The monoisotopic (exact) mass is 276 g/mol. The van der Waals surface area contributed by atoms with Crippen LogP contribution in [0, 0.1) is 0 Å². The molecule has 0 fully saturated rings. The van der Waals surface area contributed by atoms with E-state index in [0.29, 0.717) is 6.61 Å². The second-order valence-corrected chi connectivity index (χ2v) is 9.27. The smallest absolute Gasteiger partial charge is 0.145 e. The van der Waals surface area contributed by atoms with Gasteiger partial charge in [-0.05, 0) is 30.7 Å². The molecule has 1 aromatic rings. The molecule has 1 rings (SSSR count). The second kappa shape index (κ2) is 6.65. The van der Waals surface area contributed by atoms with Crippen LogP contribution in [-0.4, -0.2) is 13.7 Å². The molecule has 0 aliphatic carbocycles. The highest BCUT2D eigenvalue weighted by molar-refractivity contribution is 8.64. The number of ether oxygens (including phenoxy) is 1. The van der Waals surface area contributed by atoms with E-state index in [-0.39, 0.29) is 0 Å². The lowest BCUT2D eigenvalue weighted by atomic mass is 10.3. The second-order valence-electron chi connectivity index (χ2n) is 3.41. The summed E-state index contributed by atoms with van der Waals surface area (Å²) in [5.74, 6) is 0.820. The molecule has 0 bridgehead atoms. The molecule has 0 saturated carbocycles. The van der Waals surface area contributed by atoms with Crippen LogP contribution >= 0.6 is 17.7 Å². The Bertz CT molecular complexity index is 365. The molecule has 90 valence electrons. The van der Waals surface area contributed by atoms with Crippen LogP contribution in [0.1, 0.15) is 19.8 Å². The summed E-state index contributed by atoms with van der Waals surface area (Å²) in [5, 5.41) is 0.975. The first-order valence-electron chi connectivity index (χ1n) is 5.22. The van der Waals surface area contributed by atoms with Crippen molar-refractivity contribution in [2.24, 2.45) is 0 Å². The summed E-state index contributed by atoms with van der Waals surface area (Å²) in [6.45, 7) is 2.81. The van der Waals surface area contributed by atoms with Crippen molar-refractivity contribution in [3.05, 3.63) is 24.3 Å². The van der Waals surface area contributed by atoms with Crippen molar-refractivity contribution in [3.63, 3.8) is 0 Å². The maximum absolute atomic E-state index is 5.68. The Hall–Kier alpha value is -0.0200. The van der Waals surface area contributed by atoms with Gasteiger partial charge in [0.25, 0.3) is 0 Å². The summed E-state index contributed by atoms with van der Waals surface area (Å²) in [4.78, 5) is 0. The van der Waals surface area contributed by atoms with E-state index in [1.54, 1.807) is 7.11 Å². The zero-order valence-corrected chi connectivity index (χ0v) is 12.2. The first-order chi connectivity index (χ1) is 7.60. The molecule has 0 N–H and O–H groups in total. The van der Waals surface area contributed by atoms with Crippen molar-refractivity contribution in [3.8, 4) is 5.75 Å². The molecule has 0 aromatic heterocycles. The van der Waals surface area contributed by atoms with E-state index >= 15 is 0 Å². The van der Waals surface area contributed by atoms with Gasteiger partial charge in [0.05, 0.1) is 13.7 Å². The summed E-state index contributed by atoms with van der Waals surface area (Å²) in [7, 11) is 1.64. The normalized spacial score (nSPS) is 14.4. The van der Waals surface area contributed by atoms with Gasteiger partial charge >= 0.3 is 0 Å². The lowest BCUT2D eigenvalue weighted by Gasteiger charge is -2.16. The lowest BCUT2D eigenvalue weighted by molar-refractivity contribution is 0.352. The third-order valence-electron chi connectivity index (χ3n) is 2.16. The fraction of sp³-hybridized carbons (Fsp3) is 0.455. The number of methoxy groups -OCH3 is 1. The van der Waals surface area contributed by atoms with Crippen molar-refractivity contribution in [2.45, 2.75) is 19.8 Å². The SMILES string of the molecule is CCCCOP(=S)(S)c1ccc(OC)cc1. The van der Waals surface area contributed by atoms with Gasteiger partial charge in [-0.2, -0.15) is 0 Å². The number of thiol groups is 1. The minimum absolute atomic E-state index is 0.684. The minimum Gasteiger partial charge on any atom is -0.497 e. The first-order valence-corrected chi connectivity index (χ1v) is 9.09. The standard InChI is InChI=1S/C11H17O2PS2/c1-3-4-9-13-14(15,16)11-7-5-10(12-2)6-8-11/h5-8H,3-4,9H2,1-2H3,(H,15,16). The summed E-state index contributed by atoms with van der Waals surface area (Å²) < 4.78 is 10.8. The van der Waals surface area contributed by atoms with Gasteiger partial charge in [0.2, 0.25) is 0 Å². The summed E-state index contributed by atoms with van der Waals surface area (Å²) >= 11 is 9.89. The average molecular weight is 276 g/mol. The van der Waals surface area contributed by atoms with E-state index in [4.69, 9.17) is 21.1 Å². The van der Waals surface area contributed by atoms with E-state index in [1.165, 1.54) is 0 Å². The van der Waals surface area contributed by atoms with Crippen molar-refractivity contribution < 1.29 is 9.26 Å². The zero-order chi connectivity index (χ0) is 12.0. The van der Waals surface area contributed by atoms with Gasteiger partial charge in [0.15, 0.2) is 0 Å². The van der Waals surface area contributed by atoms with Gasteiger partial charge in [-0.25, -0.2) is 0 Å². The molecule has 0 spiro atoms. The quantitative estimate of drug-likeness (QED) is 0.488. The molecule has 0 radical (unpaired) electrons. The third-order valence-corrected chi connectivity index (χ3v) is 5.63. The number of benzene rings is 1. The fourth-order valence-corrected chi connectivity index (χ4v) is 3.46. The Kier molecular flexibility index (Phi) is 5.84. The summed E-state index contributed by atoms with van der Waals surface area (Å²) in [6, 6.07) is 7.63. The number of hydrogen-bond acceptors (Lipinski definition) is 3. The van der Waals surface area contributed by atoms with E-state index in [9.17, 15) is 0 Å². The van der Waals surface area contributed by atoms with Crippen LogP contribution in [0.15, 0.2) is 24.3 Å². The van der Waals surface area contributed by atoms with Crippen LogP contribution in [0.5, 0.6) is 5.75 Å². The Morgan fingerprint density at radius 1 is 1.31 bits per heavy atom. The summed E-state index contributed by atoms with van der Waals surface area (Å²) in [6.07, 6.45) is 2.13. The number of hydrogen-bond donors (Lipinski definition) is 1. The molecule has 5 heteroatoms. The molecule has 0 aliphatic heterocycles. The largest absolute Gasteiger partial charge is 0.497 e. The molecule has 1 atom stereocenters. The van der Waals surface area contributed by atoms with Gasteiger partial charge in [0, 0.05) is 5.30 Å². The van der Waals surface area contributed by atoms with E-state index in [0.717, 1.165) is 23.9 Å². The Labute approximate surface area is 108 Å². The third kappa shape index (κ3) is 4.10. The van der Waals surface area contributed by atoms with Crippen molar-refractivity contribution in [2.75, 3.05) is 13.7 Å². The van der Waals surface area contributed by atoms with Gasteiger partial charge in [-0.3, -0.25) is 0 Å². The van der Waals surface area contributed by atoms with E-state index in [2.05, 4.69) is 19.2 Å². The number of rotatable bonds is 6. The van der Waals surface area contributed by atoms with Crippen LogP contribution in [0.3, 0.4) is 0 Å². The van der Waals surface area contributed by atoms with Crippen LogP contribution in [-0.2, 0) is 16.3 Å². The van der Waals surface area contributed by atoms with Crippen molar-refractivity contribution in [1.82, 2.24) is 0 Å². The summed E-state index contributed by atoms with van der Waals surface area (Å²) in [5.41, 5.74) is -2.13. The van der Waals surface area contributed by atoms with Crippen LogP contribution in [0.25, 0.3) is 0 Å². The van der Waals surface area contributed by atoms with Gasteiger partial charge in [0.1, 0.15) is 11.2 Å². The van der Waals surface area contributed by atoms with E-state index in [1.807, 2.05) is 24.3 Å². The maximum atomic E-state index is 5.68. The predicted octanol–water partition coefficient (Wildman–Crippen LogP) is 3.38. The fourth-order valence-electron chi connectivity index (χ4n) is 1.18. The molecule has 0 heterocycles. The number of unbranched alkanes of at least 4 members (excludes halogenated alkanes) is 1. The average Bonchev–Trinajstić information content (AvgIpc) is 2.29. The highest BCUT2D eigenvalue weighted by atomic mass is 32.9. The highest BCUT2D eigenvalue weighted by Gasteiger charge is 2.14. The molecular weight excluding hydrogens is 259 g/mol. The predicted molar refractivity (Wildman–Crippen MR) is 76.8 cm³/mol. The lowest BCUT2D eigenvalue weighted by Crippen LogP contribution is -2.03. The topological polar surface area (TPSA) is 18.5 Å². The molecule has 0 aliphatic rings. The molecule has 16 heavy (non-hydrogen) atoms. The molecule has 0 saturated heterocycles. The molecule has 0 amide bonds. The molecular formula is C11H17O2PS2. The van der Waals surface area contributed by atoms with Crippen LogP contribution < -0.4 is 10.0 Å². The van der Waals surface area contributed by atoms with Gasteiger partial charge in [-0.15, -0.1) is 12.2 Å². The Morgan fingerprint density at radius 3 is 2.44 bits per heavy atom. The van der Waals surface area contributed by atoms with Crippen molar-refractivity contribution in [1.29, 1.82) is 0 Å². The Balaban J connectivity index is 2.69. The molecule has 1 aromatic carbocycles. The van der Waals surface area contributed by atoms with Gasteiger partial charge in [-0.1, -0.05) is 25.2 Å². The molecule has 2 nitrogen and oxygen atoms in total. The van der Waals surface area contributed by atoms with Crippen molar-refractivity contribution >= 4 is 34.8 Å². The van der Waals surface area contributed by atoms with Gasteiger partial charge < -0.3 is 9.26 Å². The van der Waals surface area contributed by atoms with Crippen LogP contribution in [0.4, 0.5) is 0 Å².